The zero-order valence-electron chi connectivity index (χ0n) is 12.2. The summed E-state index contributed by atoms with van der Waals surface area (Å²) in [6.45, 7) is 0.316. The highest BCUT2D eigenvalue weighted by atomic mass is 35.5. The van der Waals surface area contributed by atoms with E-state index in [4.69, 9.17) is 20.8 Å². The number of nitrogens with zero attached hydrogens (tertiary/aromatic N) is 4. The smallest absolute Gasteiger partial charge is 0.211 e. The monoisotopic (exact) mass is 348 g/mol. The van der Waals surface area contributed by atoms with Gasteiger partial charge in [-0.1, -0.05) is 29.4 Å². The van der Waals surface area contributed by atoms with Gasteiger partial charge in [0.2, 0.25) is 5.16 Å². The summed E-state index contributed by atoms with van der Waals surface area (Å²) in [6, 6.07) is 10.9. The topological polar surface area (TPSA) is 65.4 Å². The molecule has 0 unspecified atom stereocenters. The fourth-order valence-electron chi connectivity index (χ4n) is 1.80. The van der Waals surface area contributed by atoms with Crippen molar-refractivity contribution in [1.29, 1.82) is 0 Å². The number of furan rings is 1. The third-order valence-corrected chi connectivity index (χ3v) is 3.72. The van der Waals surface area contributed by atoms with Gasteiger partial charge in [0.1, 0.15) is 30.2 Å². The maximum atomic E-state index is 5.91. The molecule has 3 rings (SSSR count). The standard InChI is InChI=1S/C15H13ClN4O2S/c1-23-15-19-17-10-20(15)18-8-13-5-6-14(22-13)9-21-12-4-2-3-11(16)7-12/h2-8,10H,9H2,1H3/b18-8-. The molecule has 6 nitrogen and oxygen atoms in total. The first-order valence-electron chi connectivity index (χ1n) is 6.70. The van der Waals surface area contributed by atoms with Crippen LogP contribution in [-0.4, -0.2) is 27.3 Å². The molecule has 23 heavy (non-hydrogen) atoms. The summed E-state index contributed by atoms with van der Waals surface area (Å²) < 4.78 is 12.8. The van der Waals surface area contributed by atoms with Crippen molar-refractivity contribution >= 4 is 29.6 Å². The second kappa shape index (κ2) is 7.34. The Bertz CT molecular complexity index is 815. The molecular formula is C15H13ClN4O2S. The Kier molecular flexibility index (Phi) is 4.99. The molecule has 0 saturated heterocycles. The number of hydrogen-bond donors (Lipinski definition) is 0. The van der Waals surface area contributed by atoms with Gasteiger partial charge >= 0.3 is 0 Å². The van der Waals surface area contributed by atoms with Crippen LogP contribution in [0.5, 0.6) is 5.75 Å². The molecule has 0 radical (unpaired) electrons. The summed E-state index contributed by atoms with van der Waals surface area (Å²) in [5.41, 5.74) is 0. The Morgan fingerprint density at radius 2 is 2.30 bits per heavy atom. The first-order chi connectivity index (χ1) is 11.2. The van der Waals surface area contributed by atoms with Gasteiger partial charge in [0, 0.05) is 5.02 Å². The van der Waals surface area contributed by atoms with Crippen LogP contribution in [0.25, 0.3) is 0 Å². The molecule has 0 aliphatic rings. The molecule has 0 bridgehead atoms. The minimum atomic E-state index is 0.316. The Balaban J connectivity index is 1.62. The van der Waals surface area contributed by atoms with E-state index in [1.165, 1.54) is 18.1 Å². The van der Waals surface area contributed by atoms with Gasteiger partial charge in [-0.25, -0.2) is 0 Å². The molecule has 0 aliphatic carbocycles. The minimum absolute atomic E-state index is 0.316. The molecule has 0 saturated carbocycles. The van der Waals surface area contributed by atoms with E-state index < -0.39 is 0 Å². The van der Waals surface area contributed by atoms with E-state index >= 15 is 0 Å². The van der Waals surface area contributed by atoms with E-state index in [0.717, 1.165) is 0 Å². The van der Waals surface area contributed by atoms with Crippen molar-refractivity contribution in [1.82, 2.24) is 14.9 Å². The number of ether oxygens (including phenoxy) is 1. The first kappa shape index (κ1) is 15.6. The summed E-state index contributed by atoms with van der Waals surface area (Å²) in [6.07, 6.45) is 5.05. The number of halogens is 1. The Morgan fingerprint density at radius 3 is 3.13 bits per heavy atom. The third kappa shape index (κ3) is 4.14. The number of hydrogen-bond acceptors (Lipinski definition) is 6. The van der Waals surface area contributed by atoms with Crippen LogP contribution in [-0.2, 0) is 6.61 Å². The lowest BCUT2D eigenvalue weighted by Crippen LogP contribution is -1.93. The SMILES string of the molecule is CSc1nncn1/N=C\c1ccc(COc2cccc(Cl)c2)o1. The molecule has 2 aromatic heterocycles. The van der Waals surface area contributed by atoms with Gasteiger partial charge in [-0.15, -0.1) is 10.2 Å². The second-order valence-electron chi connectivity index (χ2n) is 4.46. The molecule has 0 atom stereocenters. The molecule has 3 aromatic rings. The van der Waals surface area contributed by atoms with E-state index in [1.807, 2.05) is 30.5 Å². The summed E-state index contributed by atoms with van der Waals surface area (Å²) >= 11 is 7.37. The molecule has 2 heterocycles. The molecule has 0 fully saturated rings. The van der Waals surface area contributed by atoms with Crippen molar-refractivity contribution in [3.63, 3.8) is 0 Å². The summed E-state index contributed by atoms with van der Waals surface area (Å²) in [4.78, 5) is 0. The molecular weight excluding hydrogens is 336 g/mol. The van der Waals surface area contributed by atoms with Gasteiger partial charge in [0.15, 0.2) is 0 Å². The summed E-state index contributed by atoms with van der Waals surface area (Å²) in [7, 11) is 0. The van der Waals surface area contributed by atoms with Gasteiger partial charge in [-0.05, 0) is 36.6 Å². The van der Waals surface area contributed by atoms with Crippen LogP contribution in [0.1, 0.15) is 11.5 Å². The average Bonchev–Trinajstić information content (AvgIpc) is 3.20. The van der Waals surface area contributed by atoms with Crippen LogP contribution >= 0.6 is 23.4 Å². The van der Waals surface area contributed by atoms with Crippen molar-refractivity contribution in [2.75, 3.05) is 6.26 Å². The largest absolute Gasteiger partial charge is 0.486 e. The van der Waals surface area contributed by atoms with Gasteiger partial charge in [-0.2, -0.15) is 9.78 Å². The number of benzene rings is 1. The van der Waals surface area contributed by atoms with E-state index in [9.17, 15) is 0 Å². The van der Waals surface area contributed by atoms with Gasteiger partial charge in [-0.3, -0.25) is 0 Å². The Labute approximate surface area is 142 Å². The highest BCUT2D eigenvalue weighted by molar-refractivity contribution is 7.98. The molecule has 0 aliphatic heterocycles. The quantitative estimate of drug-likeness (QED) is 0.502. The van der Waals surface area contributed by atoms with E-state index in [0.29, 0.717) is 34.1 Å². The van der Waals surface area contributed by atoms with Crippen LogP contribution < -0.4 is 4.74 Å². The maximum Gasteiger partial charge on any atom is 0.211 e. The molecule has 118 valence electrons. The van der Waals surface area contributed by atoms with Gasteiger partial charge < -0.3 is 9.15 Å². The minimum Gasteiger partial charge on any atom is -0.486 e. The molecule has 0 amide bonds. The number of rotatable bonds is 6. The highest BCUT2D eigenvalue weighted by Crippen LogP contribution is 2.19. The van der Waals surface area contributed by atoms with Crippen molar-refractivity contribution in [3.8, 4) is 5.75 Å². The summed E-state index contributed by atoms with van der Waals surface area (Å²) in [5, 5.41) is 13.3. The average molecular weight is 349 g/mol. The zero-order chi connectivity index (χ0) is 16.1. The summed E-state index contributed by atoms with van der Waals surface area (Å²) in [5.74, 6) is 2.01. The van der Waals surface area contributed by atoms with Crippen LogP contribution in [0.2, 0.25) is 5.02 Å². The fraction of sp³-hybridized carbons (Fsp3) is 0.133. The van der Waals surface area contributed by atoms with Crippen molar-refractivity contribution in [3.05, 3.63) is 59.3 Å². The maximum absolute atomic E-state index is 5.91. The van der Waals surface area contributed by atoms with E-state index in [-0.39, 0.29) is 0 Å². The normalized spacial score (nSPS) is 11.2. The Morgan fingerprint density at radius 1 is 1.39 bits per heavy atom. The van der Waals surface area contributed by atoms with Crippen LogP contribution in [0.15, 0.2) is 57.4 Å². The van der Waals surface area contributed by atoms with Crippen molar-refractivity contribution in [2.45, 2.75) is 11.8 Å². The molecule has 8 heteroatoms. The van der Waals surface area contributed by atoms with E-state index in [2.05, 4.69) is 15.3 Å². The molecule has 0 spiro atoms. The van der Waals surface area contributed by atoms with E-state index in [1.54, 1.807) is 23.0 Å². The highest BCUT2D eigenvalue weighted by Gasteiger charge is 2.03. The fourth-order valence-corrected chi connectivity index (χ4v) is 2.40. The first-order valence-corrected chi connectivity index (χ1v) is 8.30. The lowest BCUT2D eigenvalue weighted by molar-refractivity contribution is 0.270. The van der Waals surface area contributed by atoms with Gasteiger partial charge in [0.05, 0.1) is 6.21 Å². The van der Waals surface area contributed by atoms with Gasteiger partial charge in [0.25, 0.3) is 0 Å². The van der Waals surface area contributed by atoms with Crippen LogP contribution in [0, 0.1) is 0 Å². The Hall–Kier alpha value is -2.25. The lowest BCUT2D eigenvalue weighted by atomic mass is 10.3. The molecule has 1 aromatic carbocycles. The zero-order valence-corrected chi connectivity index (χ0v) is 13.8. The van der Waals surface area contributed by atoms with Crippen LogP contribution in [0.4, 0.5) is 0 Å². The predicted octanol–water partition coefficient (Wildman–Crippen LogP) is 3.71. The second-order valence-corrected chi connectivity index (χ2v) is 5.67. The van der Waals surface area contributed by atoms with Crippen molar-refractivity contribution in [2.24, 2.45) is 5.10 Å². The lowest BCUT2D eigenvalue weighted by Gasteiger charge is -2.03. The third-order valence-electron chi connectivity index (χ3n) is 2.85. The van der Waals surface area contributed by atoms with Crippen molar-refractivity contribution < 1.29 is 9.15 Å². The molecule has 0 N–H and O–H groups in total. The number of thioether (sulfide) groups is 1. The predicted molar refractivity (Wildman–Crippen MR) is 89.3 cm³/mol. The number of aromatic nitrogens is 3. The van der Waals surface area contributed by atoms with Crippen LogP contribution in [0.3, 0.4) is 0 Å².